The fraction of sp³-hybridized carbons (Fsp3) is 0.286. The summed E-state index contributed by atoms with van der Waals surface area (Å²) in [5, 5.41) is 0. The number of benzene rings is 2. The van der Waals surface area contributed by atoms with E-state index in [1.807, 2.05) is 30.3 Å². The first-order valence-corrected chi connectivity index (χ1v) is 8.97. The van der Waals surface area contributed by atoms with Gasteiger partial charge in [-0.05, 0) is 37.0 Å². The number of rotatable bonds is 3. The Balaban J connectivity index is 1.66. The topological polar surface area (TPSA) is 57.7 Å². The summed E-state index contributed by atoms with van der Waals surface area (Å²) >= 11 is 0. The van der Waals surface area contributed by atoms with E-state index in [1.54, 1.807) is 29.2 Å². The predicted octanol–water partition coefficient (Wildman–Crippen LogP) is 2.80. The Hall–Kier alpha value is -2.95. The van der Waals surface area contributed by atoms with Crippen molar-refractivity contribution in [1.82, 2.24) is 4.90 Å². The van der Waals surface area contributed by atoms with E-state index in [0.29, 0.717) is 30.6 Å². The lowest BCUT2D eigenvalue weighted by atomic mass is 10.1. The fourth-order valence-corrected chi connectivity index (χ4v) is 3.80. The molecule has 1 unspecified atom stereocenters. The molecule has 1 fully saturated rings. The molecule has 1 atom stereocenters. The van der Waals surface area contributed by atoms with Gasteiger partial charge in [-0.1, -0.05) is 42.5 Å². The summed E-state index contributed by atoms with van der Waals surface area (Å²) in [7, 11) is 0. The molecular formula is C21H20N2O3. The van der Waals surface area contributed by atoms with Gasteiger partial charge in [0.15, 0.2) is 0 Å². The number of carbonyl (C=O) groups is 3. The number of nitrogens with zero attached hydrogens (tertiary/aromatic N) is 2. The van der Waals surface area contributed by atoms with Crippen LogP contribution in [0.4, 0.5) is 5.69 Å². The summed E-state index contributed by atoms with van der Waals surface area (Å²) in [6.07, 6.45) is 2.19. The monoisotopic (exact) mass is 348 g/mol. The van der Waals surface area contributed by atoms with Crippen LogP contribution < -0.4 is 4.90 Å². The van der Waals surface area contributed by atoms with Crippen molar-refractivity contribution in [2.45, 2.75) is 31.7 Å². The smallest absolute Gasteiger partial charge is 0.256 e. The lowest BCUT2D eigenvalue weighted by Gasteiger charge is -2.24. The maximum atomic E-state index is 13.1. The molecule has 2 aromatic rings. The van der Waals surface area contributed by atoms with Crippen LogP contribution in [0.5, 0.6) is 0 Å². The second-order valence-electron chi connectivity index (χ2n) is 6.73. The van der Waals surface area contributed by atoms with Gasteiger partial charge in [0.05, 0.1) is 11.3 Å². The summed E-state index contributed by atoms with van der Waals surface area (Å²) in [5.74, 6) is -0.693. The van der Waals surface area contributed by atoms with Crippen LogP contribution in [0.3, 0.4) is 0 Å². The van der Waals surface area contributed by atoms with Crippen LogP contribution >= 0.6 is 0 Å². The van der Waals surface area contributed by atoms with Gasteiger partial charge < -0.3 is 4.90 Å². The molecule has 0 N–H and O–H groups in total. The molecule has 3 amide bonds. The fourth-order valence-electron chi connectivity index (χ4n) is 3.80. The van der Waals surface area contributed by atoms with Crippen molar-refractivity contribution in [1.29, 1.82) is 0 Å². The third-order valence-electron chi connectivity index (χ3n) is 5.11. The highest BCUT2D eigenvalue weighted by Crippen LogP contribution is 2.32. The minimum absolute atomic E-state index is 0.158. The first-order chi connectivity index (χ1) is 12.7. The molecule has 0 radical (unpaired) electrons. The highest BCUT2D eigenvalue weighted by Gasteiger charge is 2.43. The van der Waals surface area contributed by atoms with Gasteiger partial charge in [-0.2, -0.15) is 0 Å². The van der Waals surface area contributed by atoms with Crippen molar-refractivity contribution in [3.05, 3.63) is 65.7 Å². The maximum absolute atomic E-state index is 13.1. The second-order valence-corrected chi connectivity index (χ2v) is 6.73. The Morgan fingerprint density at radius 3 is 2.54 bits per heavy atom. The molecule has 5 heteroatoms. The number of fused-ring (bicyclic) bond motifs is 2. The second kappa shape index (κ2) is 6.75. The number of anilines is 1. The van der Waals surface area contributed by atoms with Crippen molar-refractivity contribution < 1.29 is 14.4 Å². The van der Waals surface area contributed by atoms with E-state index in [9.17, 15) is 14.4 Å². The molecule has 2 aliphatic heterocycles. The van der Waals surface area contributed by atoms with Crippen LogP contribution in [-0.4, -0.2) is 35.2 Å². The largest absolute Gasteiger partial charge is 0.327 e. The van der Waals surface area contributed by atoms with E-state index in [-0.39, 0.29) is 24.1 Å². The van der Waals surface area contributed by atoms with Crippen molar-refractivity contribution in [3.63, 3.8) is 0 Å². The minimum atomic E-state index is -0.532. The van der Waals surface area contributed by atoms with E-state index < -0.39 is 6.04 Å². The van der Waals surface area contributed by atoms with Gasteiger partial charge in [0.25, 0.3) is 11.8 Å². The first-order valence-electron chi connectivity index (χ1n) is 8.97. The number of para-hydroxylation sites is 1. The summed E-state index contributed by atoms with van der Waals surface area (Å²) in [6, 6.07) is 16.1. The number of aryl methyl sites for hydroxylation is 1. The minimum Gasteiger partial charge on any atom is -0.327 e. The standard InChI is InChI=1S/C21H20N2O3/c24-19(13-12-15-7-2-1-3-8-15)23-17-10-5-4-9-16(17)20(25)22-14-6-11-18(22)21(23)26/h1-5,7-10,18H,6,11-14H2. The van der Waals surface area contributed by atoms with E-state index in [1.165, 1.54) is 4.90 Å². The zero-order chi connectivity index (χ0) is 18.1. The molecule has 5 nitrogen and oxygen atoms in total. The Morgan fingerprint density at radius 1 is 1.00 bits per heavy atom. The molecule has 0 saturated carbocycles. The van der Waals surface area contributed by atoms with Gasteiger partial charge >= 0.3 is 0 Å². The molecular weight excluding hydrogens is 328 g/mol. The number of carbonyl (C=O) groups excluding carboxylic acids is 3. The summed E-state index contributed by atoms with van der Waals surface area (Å²) in [4.78, 5) is 41.8. The third-order valence-corrected chi connectivity index (χ3v) is 5.11. The number of hydrogen-bond donors (Lipinski definition) is 0. The molecule has 132 valence electrons. The molecule has 0 bridgehead atoms. The van der Waals surface area contributed by atoms with Gasteiger partial charge in [0.1, 0.15) is 6.04 Å². The molecule has 4 rings (SSSR count). The molecule has 0 aromatic heterocycles. The number of hydrogen-bond acceptors (Lipinski definition) is 3. The molecule has 0 spiro atoms. The van der Waals surface area contributed by atoms with E-state index in [2.05, 4.69) is 0 Å². The SMILES string of the molecule is O=C(CCc1ccccc1)N1C(=O)C2CCCN2C(=O)c2ccccc21. The van der Waals surface area contributed by atoms with Gasteiger partial charge in [0.2, 0.25) is 5.91 Å². The van der Waals surface area contributed by atoms with Crippen LogP contribution in [0, 0.1) is 0 Å². The molecule has 2 aliphatic rings. The lowest BCUT2D eigenvalue weighted by molar-refractivity contribution is -0.128. The van der Waals surface area contributed by atoms with E-state index >= 15 is 0 Å². The van der Waals surface area contributed by atoms with Gasteiger partial charge in [-0.25, -0.2) is 4.90 Å². The van der Waals surface area contributed by atoms with Crippen molar-refractivity contribution in [2.75, 3.05) is 11.4 Å². The van der Waals surface area contributed by atoms with Crippen molar-refractivity contribution >= 4 is 23.4 Å². The summed E-state index contributed by atoms with van der Waals surface area (Å²) in [5.41, 5.74) is 1.89. The Bertz CT molecular complexity index is 863. The van der Waals surface area contributed by atoms with Crippen molar-refractivity contribution in [3.8, 4) is 0 Å². The molecule has 2 aromatic carbocycles. The highest BCUT2D eigenvalue weighted by atomic mass is 16.2. The predicted molar refractivity (Wildman–Crippen MR) is 97.8 cm³/mol. The zero-order valence-electron chi connectivity index (χ0n) is 14.4. The summed E-state index contributed by atoms with van der Waals surface area (Å²) < 4.78 is 0. The first kappa shape index (κ1) is 16.5. The molecule has 26 heavy (non-hydrogen) atoms. The average molecular weight is 348 g/mol. The Labute approximate surface area is 152 Å². The van der Waals surface area contributed by atoms with Gasteiger partial charge in [0, 0.05) is 13.0 Å². The average Bonchev–Trinajstić information content (AvgIpc) is 3.14. The molecule has 2 heterocycles. The number of imide groups is 1. The number of amides is 3. The van der Waals surface area contributed by atoms with Crippen LogP contribution in [0.1, 0.15) is 35.2 Å². The Morgan fingerprint density at radius 2 is 1.73 bits per heavy atom. The van der Waals surface area contributed by atoms with E-state index in [4.69, 9.17) is 0 Å². The maximum Gasteiger partial charge on any atom is 0.256 e. The molecule has 0 aliphatic carbocycles. The van der Waals surface area contributed by atoms with Crippen LogP contribution in [-0.2, 0) is 16.0 Å². The van der Waals surface area contributed by atoms with Crippen molar-refractivity contribution in [2.24, 2.45) is 0 Å². The lowest BCUT2D eigenvalue weighted by Crippen LogP contribution is -2.47. The van der Waals surface area contributed by atoms with Gasteiger partial charge in [-0.15, -0.1) is 0 Å². The quantitative estimate of drug-likeness (QED) is 0.857. The highest BCUT2D eigenvalue weighted by molar-refractivity contribution is 6.22. The van der Waals surface area contributed by atoms with Crippen LogP contribution in [0.25, 0.3) is 0 Å². The van der Waals surface area contributed by atoms with Crippen LogP contribution in [0.2, 0.25) is 0 Å². The Kier molecular flexibility index (Phi) is 4.29. The van der Waals surface area contributed by atoms with Crippen LogP contribution in [0.15, 0.2) is 54.6 Å². The molecule has 1 saturated heterocycles. The van der Waals surface area contributed by atoms with Gasteiger partial charge in [-0.3, -0.25) is 14.4 Å². The van der Waals surface area contributed by atoms with E-state index in [0.717, 1.165) is 12.0 Å². The normalized spacial score (nSPS) is 19.2. The summed E-state index contributed by atoms with van der Waals surface area (Å²) in [6.45, 7) is 0.565. The zero-order valence-corrected chi connectivity index (χ0v) is 14.4. The third kappa shape index (κ3) is 2.79.